The number of aryl methyl sites for hydroxylation is 3. The van der Waals surface area contributed by atoms with E-state index in [4.69, 9.17) is 10.8 Å². The zero-order chi connectivity index (χ0) is 20.4. The molecule has 1 atom stereocenters. The molecule has 2 aromatic rings. The predicted molar refractivity (Wildman–Crippen MR) is 111 cm³/mol. The summed E-state index contributed by atoms with van der Waals surface area (Å²) in [6.07, 6.45) is 3.99. The Hall–Kier alpha value is -1.76. The Morgan fingerprint density at radius 3 is 1.64 bits per heavy atom. The van der Waals surface area contributed by atoms with Gasteiger partial charge in [0, 0.05) is 6.61 Å². The average Bonchev–Trinajstić information content (AvgIpc) is 2.73. The van der Waals surface area contributed by atoms with Gasteiger partial charge in [0.15, 0.2) is 0 Å². The summed E-state index contributed by atoms with van der Waals surface area (Å²) in [6, 6.07) is 16.4. The molecule has 0 spiro atoms. The molecule has 0 aromatic heterocycles. The second-order valence-electron chi connectivity index (χ2n) is 7.64. The summed E-state index contributed by atoms with van der Waals surface area (Å²) in [5.41, 5.74) is 9.18. The van der Waals surface area contributed by atoms with E-state index in [0.717, 1.165) is 37.7 Å². The van der Waals surface area contributed by atoms with E-state index in [0.29, 0.717) is 0 Å². The van der Waals surface area contributed by atoms with Crippen LogP contribution in [-0.2, 0) is 19.3 Å². The second kappa shape index (κ2) is 11.3. The third kappa shape index (κ3) is 7.00. The van der Waals surface area contributed by atoms with Gasteiger partial charge in [0.25, 0.3) is 0 Å². The molecule has 0 heterocycles. The molecule has 5 heteroatoms. The fraction of sp³-hybridized carbons (Fsp3) is 0.478. The minimum Gasteiger partial charge on any atom is -0.396 e. The molecule has 0 radical (unpaired) electrons. The number of hydrogen-bond acceptors (Lipinski definition) is 5. The van der Waals surface area contributed by atoms with Gasteiger partial charge in [-0.1, -0.05) is 48.5 Å². The van der Waals surface area contributed by atoms with Crippen molar-refractivity contribution in [3.63, 3.8) is 0 Å². The van der Waals surface area contributed by atoms with E-state index < -0.39 is 11.6 Å². The van der Waals surface area contributed by atoms with Crippen molar-refractivity contribution in [2.45, 2.75) is 50.2 Å². The lowest BCUT2D eigenvalue weighted by atomic mass is 9.91. The number of benzene rings is 2. The van der Waals surface area contributed by atoms with Crippen molar-refractivity contribution in [3.8, 4) is 0 Å². The van der Waals surface area contributed by atoms with Crippen molar-refractivity contribution < 1.29 is 20.4 Å². The topological polar surface area (TPSA) is 107 Å². The Balaban J connectivity index is 1.85. The summed E-state index contributed by atoms with van der Waals surface area (Å²) in [5, 5.41) is 37.7. The number of aliphatic hydroxyl groups is 4. The van der Waals surface area contributed by atoms with E-state index in [9.17, 15) is 15.3 Å². The van der Waals surface area contributed by atoms with Crippen molar-refractivity contribution in [3.05, 3.63) is 70.8 Å². The summed E-state index contributed by atoms with van der Waals surface area (Å²) >= 11 is 0. The van der Waals surface area contributed by atoms with Crippen molar-refractivity contribution in [1.82, 2.24) is 0 Å². The lowest BCUT2D eigenvalue weighted by molar-refractivity contribution is 0.0618. The first-order chi connectivity index (χ1) is 13.5. The van der Waals surface area contributed by atoms with Crippen LogP contribution in [0.3, 0.4) is 0 Å². The molecule has 28 heavy (non-hydrogen) atoms. The van der Waals surface area contributed by atoms with Gasteiger partial charge < -0.3 is 26.2 Å². The molecule has 5 nitrogen and oxygen atoms in total. The predicted octanol–water partition coefficient (Wildman–Crippen LogP) is 1.89. The molecule has 0 amide bonds. The van der Waals surface area contributed by atoms with E-state index in [1.807, 2.05) is 24.3 Å². The highest BCUT2D eigenvalue weighted by molar-refractivity contribution is 5.27. The van der Waals surface area contributed by atoms with Crippen LogP contribution < -0.4 is 5.73 Å². The highest BCUT2D eigenvalue weighted by Crippen LogP contribution is 2.23. The zero-order valence-electron chi connectivity index (χ0n) is 16.4. The Morgan fingerprint density at radius 1 is 0.714 bits per heavy atom. The highest BCUT2D eigenvalue weighted by Gasteiger charge is 2.27. The quantitative estimate of drug-likeness (QED) is 0.358. The number of rotatable bonds is 12. The smallest absolute Gasteiger partial charge is 0.0809 e. The van der Waals surface area contributed by atoms with E-state index in [2.05, 4.69) is 24.3 Å². The van der Waals surface area contributed by atoms with E-state index >= 15 is 0 Å². The first-order valence-corrected chi connectivity index (χ1v) is 9.96. The molecule has 0 fully saturated rings. The molecule has 6 N–H and O–H groups in total. The van der Waals surface area contributed by atoms with Gasteiger partial charge >= 0.3 is 0 Å². The van der Waals surface area contributed by atoms with Gasteiger partial charge in [0.2, 0.25) is 0 Å². The third-order valence-corrected chi connectivity index (χ3v) is 5.19. The summed E-state index contributed by atoms with van der Waals surface area (Å²) in [7, 11) is 0. The normalized spacial score (nSPS) is 12.9. The maximum Gasteiger partial charge on any atom is 0.0809 e. The summed E-state index contributed by atoms with van der Waals surface area (Å²) in [6.45, 7) is -0.498. The van der Waals surface area contributed by atoms with Crippen LogP contribution in [0.4, 0.5) is 0 Å². The van der Waals surface area contributed by atoms with E-state index in [-0.39, 0.29) is 26.2 Å². The van der Waals surface area contributed by atoms with Gasteiger partial charge in [-0.05, 0) is 60.8 Å². The highest BCUT2D eigenvalue weighted by atomic mass is 16.3. The van der Waals surface area contributed by atoms with Crippen molar-refractivity contribution in [2.24, 2.45) is 5.73 Å². The van der Waals surface area contributed by atoms with Crippen LogP contribution in [0, 0.1) is 0 Å². The van der Waals surface area contributed by atoms with Crippen LogP contribution in [0.15, 0.2) is 48.5 Å². The maximum atomic E-state index is 10.3. The van der Waals surface area contributed by atoms with Gasteiger partial charge in [-0.15, -0.1) is 0 Å². The Kier molecular flexibility index (Phi) is 9.09. The molecular weight excluding hydrogens is 354 g/mol. The molecule has 1 unspecified atom stereocenters. The van der Waals surface area contributed by atoms with Gasteiger partial charge in [-0.2, -0.15) is 0 Å². The summed E-state index contributed by atoms with van der Waals surface area (Å²) < 4.78 is 0. The van der Waals surface area contributed by atoms with Crippen LogP contribution in [0.2, 0.25) is 0 Å². The number of aliphatic hydroxyl groups excluding tert-OH is 4. The standard InChI is InChI=1S/C23H33NO4/c24-23(16-26,17-27)15-22(28)21-12-10-20(11-13-21)9-8-19-6-4-18(5-7-19)3-1-2-14-25/h4-7,10-13,22,25-28H,1-3,8-9,14-17,24H2. The first-order valence-electron chi connectivity index (χ1n) is 9.96. The molecule has 0 aliphatic carbocycles. The molecule has 0 saturated heterocycles. The molecule has 0 aliphatic rings. The van der Waals surface area contributed by atoms with Crippen LogP contribution in [0.1, 0.15) is 47.6 Å². The minimum absolute atomic E-state index is 0.101. The number of unbranched alkanes of at least 4 members (excludes halogenated alkanes) is 1. The fourth-order valence-electron chi connectivity index (χ4n) is 3.19. The van der Waals surface area contributed by atoms with Crippen molar-refractivity contribution in [1.29, 1.82) is 0 Å². The van der Waals surface area contributed by atoms with Crippen LogP contribution >= 0.6 is 0 Å². The van der Waals surface area contributed by atoms with E-state index in [1.54, 1.807) is 0 Å². The maximum absolute atomic E-state index is 10.3. The first kappa shape index (κ1) is 22.5. The van der Waals surface area contributed by atoms with E-state index in [1.165, 1.54) is 16.7 Å². The minimum atomic E-state index is -1.18. The third-order valence-electron chi connectivity index (χ3n) is 5.19. The molecule has 2 rings (SSSR count). The molecule has 2 aromatic carbocycles. The monoisotopic (exact) mass is 387 g/mol. The molecule has 0 bridgehead atoms. The lowest BCUT2D eigenvalue weighted by Crippen LogP contribution is -2.48. The SMILES string of the molecule is NC(CO)(CO)CC(O)c1ccc(CCc2ccc(CCCCO)cc2)cc1. The molecule has 0 aliphatic heterocycles. The average molecular weight is 388 g/mol. The molecule has 0 saturated carbocycles. The Morgan fingerprint density at radius 2 is 1.18 bits per heavy atom. The summed E-state index contributed by atoms with van der Waals surface area (Å²) in [5.74, 6) is 0. The van der Waals surface area contributed by atoms with Crippen LogP contribution in [-0.4, -0.2) is 45.8 Å². The van der Waals surface area contributed by atoms with Gasteiger partial charge in [-0.25, -0.2) is 0 Å². The largest absolute Gasteiger partial charge is 0.396 e. The van der Waals surface area contributed by atoms with Crippen molar-refractivity contribution >= 4 is 0 Å². The molecule has 154 valence electrons. The van der Waals surface area contributed by atoms with Crippen LogP contribution in [0.25, 0.3) is 0 Å². The second-order valence-corrected chi connectivity index (χ2v) is 7.64. The number of nitrogens with two attached hydrogens (primary N) is 1. The zero-order valence-corrected chi connectivity index (χ0v) is 16.4. The van der Waals surface area contributed by atoms with Crippen molar-refractivity contribution in [2.75, 3.05) is 19.8 Å². The van der Waals surface area contributed by atoms with Crippen LogP contribution in [0.5, 0.6) is 0 Å². The van der Waals surface area contributed by atoms with Gasteiger partial charge in [0.1, 0.15) is 0 Å². The number of hydrogen-bond donors (Lipinski definition) is 5. The Labute approximate surface area is 167 Å². The fourth-order valence-corrected chi connectivity index (χ4v) is 3.19. The van der Waals surface area contributed by atoms with Gasteiger partial charge in [0.05, 0.1) is 24.9 Å². The molecular formula is C23H33NO4. The summed E-state index contributed by atoms with van der Waals surface area (Å²) in [4.78, 5) is 0. The van der Waals surface area contributed by atoms with Gasteiger partial charge in [-0.3, -0.25) is 0 Å². The Bertz CT molecular complexity index is 681. The lowest BCUT2D eigenvalue weighted by Gasteiger charge is -2.27.